The molecule has 2 rings (SSSR count). The Hall–Kier alpha value is -2.21. The third kappa shape index (κ3) is 5.45. The van der Waals surface area contributed by atoms with Crippen LogP contribution in [0.15, 0.2) is 53.0 Å². The molecule has 0 spiro atoms. The average Bonchev–Trinajstić information content (AvgIpc) is 2.59. The number of halogens is 1. The van der Waals surface area contributed by atoms with Gasteiger partial charge in [0.25, 0.3) is 0 Å². The monoisotopic (exact) mass is 391 g/mol. The van der Waals surface area contributed by atoms with Gasteiger partial charge in [-0.3, -0.25) is 0 Å². The first-order valence-electron chi connectivity index (χ1n) is 7.74. The third-order valence-electron chi connectivity index (χ3n) is 3.56. The van der Waals surface area contributed by atoms with Crippen molar-refractivity contribution in [3.63, 3.8) is 0 Å². The summed E-state index contributed by atoms with van der Waals surface area (Å²) in [6, 6.07) is 15.4. The van der Waals surface area contributed by atoms with Crippen LogP contribution in [0.2, 0.25) is 0 Å². The molecule has 0 atom stereocenters. The van der Waals surface area contributed by atoms with Crippen molar-refractivity contribution in [2.24, 2.45) is 0 Å². The van der Waals surface area contributed by atoms with Crippen LogP contribution in [0.3, 0.4) is 0 Å². The summed E-state index contributed by atoms with van der Waals surface area (Å²) in [5, 5.41) is 5.66. The second kappa shape index (κ2) is 9.17. The van der Waals surface area contributed by atoms with Crippen molar-refractivity contribution >= 4 is 33.3 Å². The summed E-state index contributed by atoms with van der Waals surface area (Å²) < 4.78 is 6.12. The van der Waals surface area contributed by atoms with Crippen molar-refractivity contribution in [3.05, 3.63) is 53.0 Å². The minimum Gasteiger partial charge on any atom is -0.495 e. The molecule has 128 valence electrons. The molecule has 0 saturated carbocycles. The highest BCUT2D eigenvalue weighted by atomic mass is 79.9. The van der Waals surface area contributed by atoms with E-state index in [9.17, 15) is 4.79 Å². The second-order valence-electron chi connectivity index (χ2n) is 5.34. The van der Waals surface area contributed by atoms with Crippen LogP contribution in [0.4, 0.5) is 16.2 Å². The molecular weight excluding hydrogens is 370 g/mol. The van der Waals surface area contributed by atoms with Crippen LogP contribution in [0.1, 0.15) is 6.42 Å². The van der Waals surface area contributed by atoms with Gasteiger partial charge in [-0.1, -0.05) is 34.1 Å². The molecule has 0 heterocycles. The van der Waals surface area contributed by atoms with Crippen LogP contribution in [0, 0.1) is 0 Å². The number of hydrogen-bond acceptors (Lipinski definition) is 3. The van der Waals surface area contributed by atoms with Crippen LogP contribution in [-0.4, -0.2) is 33.3 Å². The van der Waals surface area contributed by atoms with E-state index in [4.69, 9.17) is 4.74 Å². The number of rotatable bonds is 7. The molecule has 0 radical (unpaired) electrons. The first-order chi connectivity index (χ1) is 11.6. The number of nitrogens with zero attached hydrogens (tertiary/aromatic N) is 1. The van der Waals surface area contributed by atoms with Crippen molar-refractivity contribution in [2.75, 3.05) is 37.5 Å². The molecular formula is C18H22BrN3O2. The highest BCUT2D eigenvalue weighted by Gasteiger charge is 2.08. The Kier molecular flexibility index (Phi) is 6.93. The number of amides is 2. The molecule has 0 bridgehead atoms. The lowest BCUT2D eigenvalue weighted by atomic mass is 10.3. The maximum absolute atomic E-state index is 12.0. The van der Waals surface area contributed by atoms with Gasteiger partial charge in [-0.25, -0.2) is 4.79 Å². The Balaban J connectivity index is 1.75. The average molecular weight is 392 g/mol. The Labute approximate surface area is 151 Å². The molecule has 6 heteroatoms. The van der Waals surface area contributed by atoms with E-state index >= 15 is 0 Å². The normalized spacial score (nSPS) is 10.1. The van der Waals surface area contributed by atoms with Gasteiger partial charge in [0, 0.05) is 30.3 Å². The molecule has 2 N–H and O–H groups in total. The Morgan fingerprint density at radius 1 is 1.21 bits per heavy atom. The molecule has 0 unspecified atom stereocenters. The van der Waals surface area contributed by atoms with Crippen molar-refractivity contribution in [1.82, 2.24) is 5.32 Å². The fraction of sp³-hybridized carbons (Fsp3) is 0.278. The predicted octanol–water partition coefficient (Wildman–Crippen LogP) is 4.11. The summed E-state index contributed by atoms with van der Waals surface area (Å²) in [5.41, 5.74) is 1.80. The molecule has 0 aliphatic carbocycles. The summed E-state index contributed by atoms with van der Waals surface area (Å²) in [7, 11) is 3.62. The van der Waals surface area contributed by atoms with E-state index in [-0.39, 0.29) is 6.03 Å². The van der Waals surface area contributed by atoms with Crippen molar-refractivity contribution in [1.29, 1.82) is 0 Å². The fourth-order valence-corrected chi connectivity index (χ4v) is 2.64. The zero-order valence-electron chi connectivity index (χ0n) is 13.9. The van der Waals surface area contributed by atoms with Crippen molar-refractivity contribution in [3.8, 4) is 5.75 Å². The van der Waals surface area contributed by atoms with Crippen molar-refractivity contribution in [2.45, 2.75) is 6.42 Å². The molecule has 0 aromatic heterocycles. The first kappa shape index (κ1) is 18.1. The first-order valence-corrected chi connectivity index (χ1v) is 8.54. The molecule has 0 aliphatic heterocycles. The number of urea groups is 1. The smallest absolute Gasteiger partial charge is 0.319 e. The number of carbonyl (C=O) groups excluding carboxylic acids is 1. The van der Waals surface area contributed by atoms with E-state index in [1.807, 2.05) is 37.4 Å². The van der Waals surface area contributed by atoms with Gasteiger partial charge in [0.05, 0.1) is 12.8 Å². The molecule has 0 fully saturated rings. The standard InChI is InChI=1S/C18H22BrN3O2/c1-22(15-7-4-3-5-8-15)12-6-11-20-18(23)21-16-13-14(19)9-10-17(16)24-2/h3-5,7-10,13H,6,11-12H2,1-2H3,(H2,20,21,23). The second-order valence-corrected chi connectivity index (χ2v) is 6.25. The lowest BCUT2D eigenvalue weighted by Crippen LogP contribution is -2.31. The van der Waals surface area contributed by atoms with Gasteiger partial charge in [-0.15, -0.1) is 0 Å². The zero-order chi connectivity index (χ0) is 17.4. The van der Waals surface area contributed by atoms with E-state index in [0.29, 0.717) is 18.0 Å². The Morgan fingerprint density at radius 3 is 2.67 bits per heavy atom. The number of methoxy groups -OCH3 is 1. The zero-order valence-corrected chi connectivity index (χ0v) is 15.5. The predicted molar refractivity (Wildman–Crippen MR) is 102 cm³/mol. The number of nitrogens with one attached hydrogen (secondary N) is 2. The summed E-state index contributed by atoms with van der Waals surface area (Å²) in [4.78, 5) is 14.2. The summed E-state index contributed by atoms with van der Waals surface area (Å²) in [6.07, 6.45) is 0.856. The highest BCUT2D eigenvalue weighted by molar-refractivity contribution is 9.10. The molecule has 2 aromatic carbocycles. The van der Waals surface area contributed by atoms with Gasteiger partial charge in [-0.05, 0) is 36.8 Å². The number of anilines is 2. The van der Waals surface area contributed by atoms with Gasteiger partial charge in [0.1, 0.15) is 5.75 Å². The quantitative estimate of drug-likeness (QED) is 0.698. The number of benzene rings is 2. The number of carbonyl (C=O) groups is 1. The molecule has 2 aromatic rings. The number of ether oxygens (including phenoxy) is 1. The number of para-hydroxylation sites is 1. The molecule has 0 aliphatic rings. The SMILES string of the molecule is COc1ccc(Br)cc1NC(=O)NCCCN(C)c1ccccc1. The van der Waals surface area contributed by atoms with Gasteiger partial charge < -0.3 is 20.3 Å². The van der Waals surface area contributed by atoms with Crippen molar-refractivity contribution < 1.29 is 9.53 Å². The van der Waals surface area contributed by atoms with Crippen LogP contribution in [0.25, 0.3) is 0 Å². The fourth-order valence-electron chi connectivity index (χ4n) is 2.27. The minimum atomic E-state index is -0.242. The molecule has 2 amide bonds. The van der Waals surface area contributed by atoms with Gasteiger partial charge in [-0.2, -0.15) is 0 Å². The van der Waals surface area contributed by atoms with Gasteiger partial charge >= 0.3 is 6.03 Å². The third-order valence-corrected chi connectivity index (χ3v) is 4.06. The lowest BCUT2D eigenvalue weighted by Gasteiger charge is -2.19. The van der Waals surface area contributed by atoms with E-state index in [0.717, 1.165) is 17.4 Å². The van der Waals surface area contributed by atoms with E-state index < -0.39 is 0 Å². The summed E-state index contributed by atoms with van der Waals surface area (Å²) in [6.45, 7) is 1.46. The summed E-state index contributed by atoms with van der Waals surface area (Å²) in [5.74, 6) is 0.622. The van der Waals surface area contributed by atoms with Crippen LogP contribution >= 0.6 is 15.9 Å². The maximum Gasteiger partial charge on any atom is 0.319 e. The van der Waals surface area contributed by atoms with Crippen LogP contribution in [0.5, 0.6) is 5.75 Å². The molecule has 24 heavy (non-hydrogen) atoms. The highest BCUT2D eigenvalue weighted by Crippen LogP contribution is 2.27. The van der Waals surface area contributed by atoms with Crippen LogP contribution in [-0.2, 0) is 0 Å². The minimum absolute atomic E-state index is 0.242. The lowest BCUT2D eigenvalue weighted by molar-refractivity contribution is 0.252. The summed E-state index contributed by atoms with van der Waals surface area (Å²) >= 11 is 3.38. The Morgan fingerprint density at radius 2 is 1.96 bits per heavy atom. The van der Waals surface area contributed by atoms with E-state index in [2.05, 4.69) is 43.6 Å². The van der Waals surface area contributed by atoms with E-state index in [1.165, 1.54) is 5.69 Å². The maximum atomic E-state index is 12.0. The van der Waals surface area contributed by atoms with E-state index in [1.54, 1.807) is 13.2 Å². The largest absolute Gasteiger partial charge is 0.495 e. The Bertz CT molecular complexity index is 665. The molecule has 0 saturated heterocycles. The molecule has 5 nitrogen and oxygen atoms in total. The van der Waals surface area contributed by atoms with Crippen LogP contribution < -0.4 is 20.3 Å². The van der Waals surface area contributed by atoms with Gasteiger partial charge in [0.2, 0.25) is 0 Å². The topological polar surface area (TPSA) is 53.6 Å². The van der Waals surface area contributed by atoms with Gasteiger partial charge in [0.15, 0.2) is 0 Å². The number of hydrogen-bond donors (Lipinski definition) is 2.